The molecule has 1 rings (SSSR count). The molecule has 0 amide bonds. The topological polar surface area (TPSA) is 9.23 Å². The SMILES string of the molecule is COc1ccc(C(F)=C(F)C(F)(F)F)cc1. The van der Waals surface area contributed by atoms with Gasteiger partial charge in [0.1, 0.15) is 5.75 Å². The summed E-state index contributed by atoms with van der Waals surface area (Å²) in [6.07, 6.45) is -5.32. The fraction of sp³-hybridized carbons (Fsp3) is 0.200. The number of halogens is 5. The third-order valence-electron chi connectivity index (χ3n) is 1.79. The van der Waals surface area contributed by atoms with Crippen molar-refractivity contribution in [2.75, 3.05) is 7.11 Å². The summed E-state index contributed by atoms with van der Waals surface area (Å²) in [5.74, 6) is -4.34. The molecular formula is C10H7F5O. The molecule has 0 N–H and O–H groups in total. The van der Waals surface area contributed by atoms with Gasteiger partial charge in [-0.3, -0.25) is 0 Å². The van der Waals surface area contributed by atoms with Gasteiger partial charge in [0.05, 0.1) is 7.11 Å². The summed E-state index contributed by atoms with van der Waals surface area (Å²) in [6.45, 7) is 0. The molecule has 88 valence electrons. The van der Waals surface area contributed by atoms with Crippen LogP contribution in [0.1, 0.15) is 5.56 Å². The van der Waals surface area contributed by atoms with E-state index in [0.717, 1.165) is 12.1 Å². The van der Waals surface area contributed by atoms with Crippen LogP contribution in [0.5, 0.6) is 5.75 Å². The minimum Gasteiger partial charge on any atom is -0.497 e. The fourth-order valence-corrected chi connectivity index (χ4v) is 0.989. The van der Waals surface area contributed by atoms with Crippen LogP contribution in [0, 0.1) is 0 Å². The van der Waals surface area contributed by atoms with Crippen LogP contribution in [0.3, 0.4) is 0 Å². The van der Waals surface area contributed by atoms with Gasteiger partial charge in [0.25, 0.3) is 0 Å². The third-order valence-corrected chi connectivity index (χ3v) is 1.79. The average molecular weight is 238 g/mol. The molecule has 0 aliphatic heterocycles. The molecular weight excluding hydrogens is 231 g/mol. The molecule has 6 heteroatoms. The maximum absolute atomic E-state index is 13.0. The first-order valence-electron chi connectivity index (χ1n) is 4.13. The molecule has 0 aliphatic carbocycles. The van der Waals surface area contributed by atoms with Gasteiger partial charge < -0.3 is 4.74 Å². The summed E-state index contributed by atoms with van der Waals surface area (Å²) in [5.41, 5.74) is -0.490. The maximum atomic E-state index is 13.0. The van der Waals surface area contributed by atoms with E-state index in [-0.39, 0.29) is 0 Å². The number of hydrogen-bond donors (Lipinski definition) is 0. The largest absolute Gasteiger partial charge is 0.497 e. The summed E-state index contributed by atoms with van der Waals surface area (Å²) in [7, 11) is 1.34. The average Bonchev–Trinajstić information content (AvgIpc) is 2.26. The molecule has 0 bridgehead atoms. The third kappa shape index (κ3) is 2.71. The van der Waals surface area contributed by atoms with Crippen LogP contribution in [0.4, 0.5) is 22.0 Å². The molecule has 1 nitrogen and oxygen atoms in total. The summed E-state index contributed by atoms with van der Waals surface area (Å²) >= 11 is 0. The van der Waals surface area contributed by atoms with E-state index in [4.69, 9.17) is 4.74 Å². The van der Waals surface area contributed by atoms with E-state index >= 15 is 0 Å². The molecule has 0 heterocycles. The normalized spacial score (nSPS) is 13.4. The number of benzene rings is 1. The van der Waals surface area contributed by atoms with E-state index in [9.17, 15) is 22.0 Å². The lowest BCUT2D eigenvalue weighted by atomic mass is 10.2. The zero-order chi connectivity index (χ0) is 12.3. The first-order chi connectivity index (χ1) is 7.36. The Hall–Kier alpha value is -1.59. The smallest absolute Gasteiger partial charge is 0.445 e. The lowest BCUT2D eigenvalue weighted by Crippen LogP contribution is -2.09. The molecule has 16 heavy (non-hydrogen) atoms. The molecule has 1 aromatic rings. The van der Waals surface area contributed by atoms with Crippen LogP contribution >= 0.6 is 0 Å². The van der Waals surface area contributed by atoms with Gasteiger partial charge >= 0.3 is 6.18 Å². The molecule has 0 fully saturated rings. The highest BCUT2D eigenvalue weighted by Gasteiger charge is 2.38. The standard InChI is InChI=1S/C10H7F5O/c1-16-7-4-2-6(3-5-7)8(11)9(12)10(13,14)15/h2-5H,1H3. The Morgan fingerprint density at radius 1 is 1.06 bits per heavy atom. The number of ether oxygens (including phenoxy) is 1. The molecule has 0 saturated heterocycles. The number of allylic oxidation sites excluding steroid dienone is 1. The summed E-state index contributed by atoms with van der Waals surface area (Å²) in [4.78, 5) is 0. The monoisotopic (exact) mass is 238 g/mol. The zero-order valence-electron chi connectivity index (χ0n) is 8.11. The molecule has 0 aliphatic rings. The van der Waals surface area contributed by atoms with Crippen LogP contribution in [0.2, 0.25) is 0 Å². The Labute approximate surface area is 88.1 Å². The van der Waals surface area contributed by atoms with E-state index in [0.29, 0.717) is 5.75 Å². The predicted molar refractivity (Wildman–Crippen MR) is 48.2 cm³/mol. The number of rotatable bonds is 2. The molecule has 0 aromatic heterocycles. The van der Waals surface area contributed by atoms with E-state index in [1.807, 2.05) is 0 Å². The summed E-state index contributed by atoms with van der Waals surface area (Å²) < 4.78 is 65.7. The second kappa shape index (κ2) is 4.51. The van der Waals surface area contributed by atoms with Gasteiger partial charge in [0.2, 0.25) is 5.83 Å². The first kappa shape index (κ1) is 12.5. The van der Waals surface area contributed by atoms with E-state index in [1.54, 1.807) is 0 Å². The zero-order valence-corrected chi connectivity index (χ0v) is 8.11. The van der Waals surface area contributed by atoms with E-state index in [1.165, 1.54) is 19.2 Å². The first-order valence-corrected chi connectivity index (χ1v) is 4.13. The minimum absolute atomic E-state index is 0.337. The Kier molecular flexibility index (Phi) is 3.51. The molecule has 0 saturated carbocycles. The lowest BCUT2D eigenvalue weighted by Gasteiger charge is -2.06. The number of hydrogen-bond acceptors (Lipinski definition) is 1. The van der Waals surface area contributed by atoms with Crippen molar-refractivity contribution in [2.45, 2.75) is 6.18 Å². The summed E-state index contributed by atoms with van der Waals surface area (Å²) in [6, 6.07) is 4.47. The van der Waals surface area contributed by atoms with Crippen molar-refractivity contribution in [3.63, 3.8) is 0 Å². The van der Waals surface area contributed by atoms with Crippen molar-refractivity contribution >= 4 is 5.83 Å². The second-order valence-corrected chi connectivity index (χ2v) is 2.85. The minimum atomic E-state index is -5.32. The molecule has 0 unspecified atom stereocenters. The quantitative estimate of drug-likeness (QED) is 0.711. The fourth-order valence-electron chi connectivity index (χ4n) is 0.989. The van der Waals surface area contributed by atoms with Crippen LogP contribution < -0.4 is 4.74 Å². The molecule has 0 atom stereocenters. The van der Waals surface area contributed by atoms with E-state index in [2.05, 4.69) is 0 Å². The molecule has 0 spiro atoms. The van der Waals surface area contributed by atoms with Crippen molar-refractivity contribution in [3.8, 4) is 5.75 Å². The van der Waals surface area contributed by atoms with Crippen molar-refractivity contribution in [3.05, 3.63) is 35.7 Å². The highest BCUT2D eigenvalue weighted by Crippen LogP contribution is 2.34. The van der Waals surface area contributed by atoms with Crippen molar-refractivity contribution in [1.82, 2.24) is 0 Å². The number of alkyl halides is 3. The van der Waals surface area contributed by atoms with Crippen molar-refractivity contribution < 1.29 is 26.7 Å². The van der Waals surface area contributed by atoms with Crippen LogP contribution in [0.15, 0.2) is 30.1 Å². The van der Waals surface area contributed by atoms with Crippen LogP contribution in [0.25, 0.3) is 5.83 Å². The molecule has 0 radical (unpaired) electrons. The number of methoxy groups -OCH3 is 1. The highest BCUT2D eigenvalue weighted by molar-refractivity contribution is 5.62. The van der Waals surface area contributed by atoms with Gasteiger partial charge in [-0.2, -0.15) is 17.6 Å². The van der Waals surface area contributed by atoms with Gasteiger partial charge in [0, 0.05) is 5.56 Å². The Morgan fingerprint density at radius 2 is 1.56 bits per heavy atom. The van der Waals surface area contributed by atoms with Crippen LogP contribution in [-0.2, 0) is 0 Å². The van der Waals surface area contributed by atoms with Gasteiger partial charge in [-0.05, 0) is 24.3 Å². The van der Waals surface area contributed by atoms with Crippen LogP contribution in [-0.4, -0.2) is 13.3 Å². The van der Waals surface area contributed by atoms with Crippen molar-refractivity contribution in [2.24, 2.45) is 0 Å². The maximum Gasteiger partial charge on any atom is 0.445 e. The Balaban J connectivity index is 3.09. The highest BCUT2D eigenvalue weighted by atomic mass is 19.4. The Bertz CT molecular complexity index is 391. The van der Waals surface area contributed by atoms with Gasteiger partial charge in [-0.15, -0.1) is 0 Å². The predicted octanol–water partition coefficient (Wildman–Crippen LogP) is 3.87. The van der Waals surface area contributed by atoms with Gasteiger partial charge in [-0.25, -0.2) is 4.39 Å². The second-order valence-electron chi connectivity index (χ2n) is 2.85. The molecule has 1 aromatic carbocycles. The summed E-state index contributed by atoms with van der Waals surface area (Å²) in [5, 5.41) is 0. The van der Waals surface area contributed by atoms with E-state index < -0.39 is 23.4 Å². The van der Waals surface area contributed by atoms with Gasteiger partial charge in [0.15, 0.2) is 5.83 Å². The Morgan fingerprint density at radius 3 is 1.94 bits per heavy atom. The lowest BCUT2D eigenvalue weighted by molar-refractivity contribution is -0.108. The van der Waals surface area contributed by atoms with Crippen molar-refractivity contribution in [1.29, 1.82) is 0 Å². The van der Waals surface area contributed by atoms with Gasteiger partial charge in [-0.1, -0.05) is 0 Å².